The Balaban J connectivity index is 1.55. The predicted octanol–water partition coefficient (Wildman–Crippen LogP) is 1.51. The lowest BCUT2D eigenvalue weighted by Gasteiger charge is -2.38. The zero-order valence-electron chi connectivity index (χ0n) is 11.2. The molecule has 4 rings (SSSR count). The van der Waals surface area contributed by atoms with E-state index in [-0.39, 0.29) is 23.9 Å². The Morgan fingerprint density at radius 1 is 1.30 bits per heavy atom. The van der Waals surface area contributed by atoms with Crippen LogP contribution in [0.2, 0.25) is 0 Å². The number of amides is 2. The van der Waals surface area contributed by atoms with Crippen LogP contribution in [0, 0.1) is 0 Å². The summed E-state index contributed by atoms with van der Waals surface area (Å²) in [6, 6.07) is 0.750. The minimum Gasteiger partial charge on any atom is -0.335 e. The number of hydrogen-bond donors (Lipinski definition) is 0. The van der Waals surface area contributed by atoms with Gasteiger partial charge in [-0.05, 0) is 25.7 Å². The third-order valence-corrected chi connectivity index (χ3v) is 5.51. The smallest absolute Gasteiger partial charge is 0.273 e. The van der Waals surface area contributed by atoms with Gasteiger partial charge in [0.2, 0.25) is 5.91 Å². The zero-order chi connectivity index (χ0) is 13.7. The molecule has 1 saturated carbocycles. The van der Waals surface area contributed by atoms with E-state index in [1.165, 1.54) is 17.8 Å². The molecule has 3 heterocycles. The van der Waals surface area contributed by atoms with Gasteiger partial charge in [0.15, 0.2) is 0 Å². The Morgan fingerprint density at radius 2 is 2.15 bits per heavy atom. The Bertz CT molecular complexity index is 541. The van der Waals surface area contributed by atoms with Crippen molar-refractivity contribution in [3.05, 3.63) is 16.6 Å². The minimum atomic E-state index is -0.0120. The SMILES string of the molecule is O=C(c1cscn1)N1CC[C@H]2[C@@H]1CC(=O)N2C1CCC1. The first kappa shape index (κ1) is 12.3. The monoisotopic (exact) mass is 291 g/mol. The molecule has 0 unspecified atom stereocenters. The van der Waals surface area contributed by atoms with E-state index in [1.807, 2.05) is 4.90 Å². The quantitative estimate of drug-likeness (QED) is 0.830. The number of hydrogen-bond acceptors (Lipinski definition) is 4. The van der Waals surface area contributed by atoms with Crippen molar-refractivity contribution in [3.8, 4) is 0 Å². The first-order chi connectivity index (χ1) is 9.75. The van der Waals surface area contributed by atoms with Gasteiger partial charge in [0.25, 0.3) is 5.91 Å². The molecule has 2 aliphatic heterocycles. The molecule has 1 aliphatic carbocycles. The summed E-state index contributed by atoms with van der Waals surface area (Å²) in [6.07, 6.45) is 4.91. The maximum Gasteiger partial charge on any atom is 0.273 e. The van der Waals surface area contributed by atoms with E-state index in [0.29, 0.717) is 18.2 Å². The fourth-order valence-corrected chi connectivity index (χ4v) is 4.26. The van der Waals surface area contributed by atoms with Crippen LogP contribution in [-0.2, 0) is 4.79 Å². The van der Waals surface area contributed by atoms with Crippen LogP contribution < -0.4 is 0 Å². The lowest BCUT2D eigenvalue weighted by atomic mass is 9.90. The van der Waals surface area contributed by atoms with Crippen LogP contribution in [-0.4, -0.2) is 51.3 Å². The topological polar surface area (TPSA) is 53.5 Å². The Labute approximate surface area is 121 Å². The molecule has 1 aromatic rings. The van der Waals surface area contributed by atoms with E-state index < -0.39 is 0 Å². The van der Waals surface area contributed by atoms with Crippen molar-refractivity contribution in [3.63, 3.8) is 0 Å². The number of thiazole rings is 1. The second kappa shape index (κ2) is 4.55. The van der Waals surface area contributed by atoms with E-state index in [1.54, 1.807) is 10.9 Å². The summed E-state index contributed by atoms with van der Waals surface area (Å²) in [5, 5.41) is 1.79. The van der Waals surface area contributed by atoms with E-state index in [0.717, 1.165) is 25.8 Å². The second-order valence-electron chi connectivity index (χ2n) is 5.89. The largest absolute Gasteiger partial charge is 0.335 e. The van der Waals surface area contributed by atoms with Gasteiger partial charge in [-0.3, -0.25) is 9.59 Å². The molecule has 0 spiro atoms. The molecule has 2 atom stereocenters. The molecule has 0 N–H and O–H groups in total. The van der Waals surface area contributed by atoms with Crippen molar-refractivity contribution >= 4 is 23.2 Å². The van der Waals surface area contributed by atoms with Crippen LogP contribution in [0.1, 0.15) is 42.6 Å². The second-order valence-corrected chi connectivity index (χ2v) is 6.60. The summed E-state index contributed by atoms with van der Waals surface area (Å²) in [6.45, 7) is 0.752. The van der Waals surface area contributed by atoms with E-state index >= 15 is 0 Å². The molecule has 20 heavy (non-hydrogen) atoms. The predicted molar refractivity (Wildman–Crippen MR) is 74.4 cm³/mol. The van der Waals surface area contributed by atoms with E-state index in [4.69, 9.17) is 0 Å². The molecular formula is C14H17N3O2S. The van der Waals surface area contributed by atoms with E-state index in [9.17, 15) is 9.59 Å². The van der Waals surface area contributed by atoms with Gasteiger partial charge >= 0.3 is 0 Å². The number of carbonyl (C=O) groups is 2. The average Bonchev–Trinajstić information content (AvgIpc) is 3.05. The van der Waals surface area contributed by atoms with Gasteiger partial charge in [-0.2, -0.15) is 0 Å². The molecule has 3 fully saturated rings. The number of rotatable bonds is 2. The average molecular weight is 291 g/mol. The molecule has 106 valence electrons. The fraction of sp³-hybridized carbons (Fsp3) is 0.643. The Kier molecular flexibility index (Phi) is 2.80. The number of fused-ring (bicyclic) bond motifs is 1. The lowest BCUT2D eigenvalue weighted by molar-refractivity contribution is -0.133. The van der Waals surface area contributed by atoms with Crippen molar-refractivity contribution in [2.45, 2.75) is 50.2 Å². The van der Waals surface area contributed by atoms with Crippen LogP contribution in [0.25, 0.3) is 0 Å². The summed E-state index contributed by atoms with van der Waals surface area (Å²) in [7, 11) is 0. The summed E-state index contributed by atoms with van der Waals surface area (Å²) in [5.41, 5.74) is 2.20. The maximum absolute atomic E-state index is 12.5. The third-order valence-electron chi connectivity index (χ3n) is 4.92. The molecule has 2 amide bonds. The number of nitrogens with zero attached hydrogens (tertiary/aromatic N) is 3. The zero-order valence-corrected chi connectivity index (χ0v) is 12.0. The third kappa shape index (κ3) is 1.70. The summed E-state index contributed by atoms with van der Waals surface area (Å²) >= 11 is 1.43. The summed E-state index contributed by atoms with van der Waals surface area (Å²) in [5.74, 6) is 0.225. The van der Waals surface area contributed by atoms with Gasteiger partial charge in [-0.15, -0.1) is 11.3 Å². The van der Waals surface area contributed by atoms with Gasteiger partial charge in [0, 0.05) is 24.4 Å². The molecule has 2 saturated heterocycles. The van der Waals surface area contributed by atoms with Crippen LogP contribution in [0.4, 0.5) is 0 Å². The first-order valence-corrected chi connectivity index (χ1v) is 8.20. The highest BCUT2D eigenvalue weighted by molar-refractivity contribution is 7.07. The van der Waals surface area contributed by atoms with Crippen molar-refractivity contribution in [2.24, 2.45) is 0 Å². The van der Waals surface area contributed by atoms with Crippen LogP contribution in [0.15, 0.2) is 10.9 Å². The molecule has 1 aromatic heterocycles. The highest BCUT2D eigenvalue weighted by Crippen LogP contribution is 2.39. The number of likely N-dealkylation sites (tertiary alicyclic amines) is 2. The molecule has 6 heteroatoms. The Morgan fingerprint density at radius 3 is 2.80 bits per heavy atom. The van der Waals surface area contributed by atoms with E-state index in [2.05, 4.69) is 9.88 Å². The molecular weight excluding hydrogens is 274 g/mol. The molecule has 0 aromatic carbocycles. The molecule has 5 nitrogen and oxygen atoms in total. The standard InChI is InChI=1S/C14H17N3O2S/c18-13-6-12-11(17(13)9-2-1-3-9)4-5-16(12)14(19)10-7-20-8-15-10/h7-9,11-12H,1-6H2/t11-,12-/m0/s1. The van der Waals surface area contributed by atoms with Gasteiger partial charge in [-0.1, -0.05) is 0 Å². The minimum absolute atomic E-state index is 0.0120. The molecule has 0 bridgehead atoms. The lowest BCUT2D eigenvalue weighted by Crippen LogP contribution is -2.47. The summed E-state index contributed by atoms with van der Waals surface area (Å²) < 4.78 is 0. The van der Waals surface area contributed by atoms with Gasteiger partial charge in [0.1, 0.15) is 5.69 Å². The van der Waals surface area contributed by atoms with Crippen LogP contribution in [0.5, 0.6) is 0 Å². The fourth-order valence-electron chi connectivity index (χ4n) is 3.73. The van der Waals surface area contributed by atoms with Crippen LogP contribution in [0.3, 0.4) is 0 Å². The summed E-state index contributed by atoms with van der Waals surface area (Å²) in [4.78, 5) is 32.8. The molecule has 0 radical (unpaired) electrons. The number of carbonyl (C=O) groups excluding carboxylic acids is 2. The van der Waals surface area contributed by atoms with Crippen molar-refractivity contribution < 1.29 is 9.59 Å². The van der Waals surface area contributed by atoms with Gasteiger partial charge in [-0.25, -0.2) is 4.98 Å². The number of aromatic nitrogens is 1. The highest BCUT2D eigenvalue weighted by atomic mass is 32.1. The highest BCUT2D eigenvalue weighted by Gasteiger charge is 2.51. The molecule has 3 aliphatic rings. The van der Waals surface area contributed by atoms with Crippen molar-refractivity contribution in [1.29, 1.82) is 0 Å². The Hall–Kier alpha value is -1.43. The van der Waals surface area contributed by atoms with Crippen molar-refractivity contribution in [1.82, 2.24) is 14.8 Å². The van der Waals surface area contributed by atoms with Gasteiger partial charge in [0.05, 0.1) is 17.6 Å². The van der Waals surface area contributed by atoms with Gasteiger partial charge < -0.3 is 9.80 Å². The first-order valence-electron chi connectivity index (χ1n) is 7.26. The van der Waals surface area contributed by atoms with Crippen molar-refractivity contribution in [2.75, 3.05) is 6.54 Å². The van der Waals surface area contributed by atoms with Crippen LogP contribution >= 0.6 is 11.3 Å². The normalized spacial score (nSPS) is 29.7. The maximum atomic E-state index is 12.5.